The summed E-state index contributed by atoms with van der Waals surface area (Å²) in [6.45, 7) is -3.13. The first kappa shape index (κ1) is 12.3. The largest absolute Gasteiger partial charge is 0.573 e. The summed E-state index contributed by atoms with van der Waals surface area (Å²) in [6, 6.07) is 2.07. The second-order valence-electron chi connectivity index (χ2n) is 2.56. The Kier molecular flexibility index (Phi) is 3.41. The van der Waals surface area contributed by atoms with Crippen LogP contribution < -0.4 is 9.47 Å². The van der Waals surface area contributed by atoms with Crippen molar-refractivity contribution in [2.45, 2.75) is 13.0 Å². The molecule has 3 nitrogen and oxygen atoms in total. The average Bonchev–Trinajstić information content (AvgIpc) is 2.06. The van der Waals surface area contributed by atoms with E-state index in [-0.39, 0.29) is 0 Å². The fourth-order valence-electron chi connectivity index (χ4n) is 0.884. The minimum absolute atomic E-state index is 0.470. The maximum atomic E-state index is 11.7. The van der Waals surface area contributed by atoms with Crippen molar-refractivity contribution in [3.8, 4) is 17.2 Å². The molecule has 1 rings (SSSR count). The predicted molar refractivity (Wildman–Crippen MR) is 41.4 cm³/mol. The molecule has 0 fully saturated rings. The van der Waals surface area contributed by atoms with Crippen LogP contribution in [0.25, 0.3) is 0 Å². The summed E-state index contributed by atoms with van der Waals surface area (Å²) in [5, 5.41) is 9.02. The Morgan fingerprint density at radius 1 is 1.19 bits per heavy atom. The zero-order valence-electron chi connectivity index (χ0n) is 7.46. The van der Waals surface area contributed by atoms with E-state index in [0.29, 0.717) is 12.1 Å². The van der Waals surface area contributed by atoms with E-state index in [1.165, 1.54) is 0 Å². The van der Waals surface area contributed by atoms with Crippen LogP contribution in [0.5, 0.6) is 17.2 Å². The van der Waals surface area contributed by atoms with Gasteiger partial charge in [0.15, 0.2) is 11.5 Å². The van der Waals surface area contributed by atoms with Gasteiger partial charge in [0.2, 0.25) is 0 Å². The molecule has 16 heavy (non-hydrogen) atoms. The average molecular weight is 244 g/mol. The SMILES string of the molecule is Oc1cc(OC(F)F)ccc1OC(F)(F)F. The van der Waals surface area contributed by atoms with Crippen molar-refractivity contribution in [2.24, 2.45) is 0 Å². The lowest BCUT2D eigenvalue weighted by Gasteiger charge is -2.11. The molecule has 0 bridgehead atoms. The fourth-order valence-corrected chi connectivity index (χ4v) is 0.884. The van der Waals surface area contributed by atoms with Gasteiger partial charge >= 0.3 is 13.0 Å². The number of hydrogen-bond donors (Lipinski definition) is 1. The van der Waals surface area contributed by atoms with Gasteiger partial charge in [-0.05, 0) is 12.1 Å². The Morgan fingerprint density at radius 2 is 1.81 bits per heavy atom. The molecule has 0 aromatic heterocycles. The fraction of sp³-hybridized carbons (Fsp3) is 0.250. The smallest absolute Gasteiger partial charge is 0.504 e. The van der Waals surface area contributed by atoms with Crippen LogP contribution in [0.15, 0.2) is 18.2 Å². The molecular weight excluding hydrogens is 239 g/mol. The van der Waals surface area contributed by atoms with Crippen molar-refractivity contribution in [3.05, 3.63) is 18.2 Å². The second-order valence-corrected chi connectivity index (χ2v) is 2.56. The third-order valence-corrected chi connectivity index (χ3v) is 1.38. The summed E-state index contributed by atoms with van der Waals surface area (Å²) in [6.07, 6.45) is -4.97. The van der Waals surface area contributed by atoms with Crippen LogP contribution in [0.2, 0.25) is 0 Å². The molecule has 0 aliphatic carbocycles. The third-order valence-electron chi connectivity index (χ3n) is 1.38. The normalized spacial score (nSPS) is 11.6. The first-order valence-electron chi connectivity index (χ1n) is 3.81. The van der Waals surface area contributed by atoms with Crippen molar-refractivity contribution in [2.75, 3.05) is 0 Å². The molecular formula is C8H5F5O3. The summed E-state index contributed by atoms with van der Waals surface area (Å²) in [5.74, 6) is -2.31. The summed E-state index contributed by atoms with van der Waals surface area (Å²) in [7, 11) is 0. The summed E-state index contributed by atoms with van der Waals surface area (Å²) < 4.78 is 65.9. The zero-order valence-corrected chi connectivity index (χ0v) is 7.46. The summed E-state index contributed by atoms with van der Waals surface area (Å²) in [4.78, 5) is 0. The highest BCUT2D eigenvalue weighted by Gasteiger charge is 2.32. The monoisotopic (exact) mass is 244 g/mol. The van der Waals surface area contributed by atoms with Gasteiger partial charge in [0.1, 0.15) is 5.75 Å². The molecule has 0 aliphatic rings. The maximum Gasteiger partial charge on any atom is 0.573 e. The predicted octanol–water partition coefficient (Wildman–Crippen LogP) is 2.89. The zero-order chi connectivity index (χ0) is 12.3. The molecule has 1 aromatic carbocycles. The number of alkyl halides is 5. The van der Waals surface area contributed by atoms with Crippen LogP contribution in [0.1, 0.15) is 0 Å². The number of phenolic OH excluding ortho intramolecular Hbond substituents is 1. The number of aromatic hydroxyl groups is 1. The van der Waals surface area contributed by atoms with E-state index in [4.69, 9.17) is 5.11 Å². The van der Waals surface area contributed by atoms with Gasteiger partial charge in [0, 0.05) is 6.07 Å². The first-order valence-corrected chi connectivity index (χ1v) is 3.81. The number of halogens is 5. The van der Waals surface area contributed by atoms with Crippen LogP contribution in [0, 0.1) is 0 Å². The molecule has 0 heterocycles. The Balaban J connectivity index is 2.83. The molecule has 1 aromatic rings. The van der Waals surface area contributed by atoms with Crippen molar-refractivity contribution < 1.29 is 36.5 Å². The minimum Gasteiger partial charge on any atom is -0.504 e. The first-order chi connectivity index (χ1) is 7.28. The summed E-state index contributed by atoms with van der Waals surface area (Å²) >= 11 is 0. The lowest BCUT2D eigenvalue weighted by atomic mass is 10.3. The van der Waals surface area contributed by atoms with Gasteiger partial charge in [-0.1, -0.05) is 0 Å². The van der Waals surface area contributed by atoms with Gasteiger partial charge in [0.25, 0.3) is 0 Å². The lowest BCUT2D eigenvalue weighted by Crippen LogP contribution is -2.17. The van der Waals surface area contributed by atoms with Crippen molar-refractivity contribution in [1.29, 1.82) is 0 Å². The maximum absolute atomic E-state index is 11.7. The van der Waals surface area contributed by atoms with Crippen LogP contribution in [-0.4, -0.2) is 18.1 Å². The van der Waals surface area contributed by atoms with Crippen LogP contribution in [0.4, 0.5) is 22.0 Å². The number of hydrogen-bond acceptors (Lipinski definition) is 3. The highest BCUT2D eigenvalue weighted by atomic mass is 19.4. The molecule has 1 N–H and O–H groups in total. The van der Waals surface area contributed by atoms with E-state index in [1.807, 2.05) is 0 Å². The van der Waals surface area contributed by atoms with Crippen molar-refractivity contribution in [1.82, 2.24) is 0 Å². The molecule has 90 valence electrons. The number of phenols is 1. The Morgan fingerprint density at radius 3 is 2.25 bits per heavy atom. The van der Waals surface area contributed by atoms with Crippen LogP contribution in [-0.2, 0) is 0 Å². The lowest BCUT2D eigenvalue weighted by molar-refractivity contribution is -0.275. The van der Waals surface area contributed by atoms with E-state index in [0.717, 1.165) is 6.07 Å². The number of rotatable bonds is 3. The van der Waals surface area contributed by atoms with E-state index in [2.05, 4.69) is 9.47 Å². The molecule has 0 saturated heterocycles. The summed E-state index contributed by atoms with van der Waals surface area (Å²) in [5.41, 5.74) is 0. The van der Waals surface area contributed by atoms with E-state index in [1.54, 1.807) is 0 Å². The van der Waals surface area contributed by atoms with Gasteiger partial charge < -0.3 is 14.6 Å². The van der Waals surface area contributed by atoms with Gasteiger partial charge in [-0.3, -0.25) is 0 Å². The Hall–Kier alpha value is -1.73. The van der Waals surface area contributed by atoms with Crippen molar-refractivity contribution in [3.63, 3.8) is 0 Å². The van der Waals surface area contributed by atoms with Gasteiger partial charge in [-0.2, -0.15) is 8.78 Å². The standard InChI is InChI=1S/C8H5F5O3/c9-7(10)15-4-1-2-6(5(14)3-4)16-8(11,12)13/h1-3,7,14H. The molecule has 0 spiro atoms. The Bertz CT molecular complexity index is 363. The number of benzene rings is 1. The third kappa shape index (κ3) is 3.79. The number of ether oxygens (including phenoxy) is 2. The van der Waals surface area contributed by atoms with Gasteiger partial charge in [-0.25, -0.2) is 0 Å². The highest BCUT2D eigenvalue weighted by Crippen LogP contribution is 2.34. The Labute approximate surface area is 86.0 Å². The van der Waals surface area contributed by atoms with Crippen molar-refractivity contribution >= 4 is 0 Å². The van der Waals surface area contributed by atoms with Crippen LogP contribution in [0.3, 0.4) is 0 Å². The van der Waals surface area contributed by atoms with E-state index < -0.39 is 30.2 Å². The van der Waals surface area contributed by atoms with Gasteiger partial charge in [0.05, 0.1) is 0 Å². The quantitative estimate of drug-likeness (QED) is 0.831. The highest BCUT2D eigenvalue weighted by molar-refractivity contribution is 5.44. The van der Waals surface area contributed by atoms with Crippen LogP contribution >= 0.6 is 0 Å². The topological polar surface area (TPSA) is 38.7 Å². The minimum atomic E-state index is -4.97. The molecule has 0 amide bonds. The molecule has 8 heteroatoms. The second kappa shape index (κ2) is 4.42. The van der Waals surface area contributed by atoms with Gasteiger partial charge in [-0.15, -0.1) is 13.2 Å². The molecule has 0 atom stereocenters. The van der Waals surface area contributed by atoms with E-state index >= 15 is 0 Å². The molecule has 0 saturated carbocycles. The van der Waals surface area contributed by atoms with E-state index in [9.17, 15) is 22.0 Å². The molecule has 0 aliphatic heterocycles. The molecule has 0 radical (unpaired) electrons. The molecule has 0 unspecified atom stereocenters.